The van der Waals surface area contributed by atoms with E-state index in [0.29, 0.717) is 29.3 Å². The third kappa shape index (κ3) is 3.86. The molecule has 10 heteroatoms. The normalized spacial score (nSPS) is 27.5. The average molecular weight is 543 g/mol. The van der Waals surface area contributed by atoms with Crippen molar-refractivity contribution in [2.45, 2.75) is 74.9 Å². The summed E-state index contributed by atoms with van der Waals surface area (Å²) >= 11 is 0. The molecule has 1 saturated heterocycles. The van der Waals surface area contributed by atoms with Gasteiger partial charge in [-0.25, -0.2) is 9.18 Å². The van der Waals surface area contributed by atoms with E-state index in [1.165, 1.54) is 18.2 Å². The van der Waals surface area contributed by atoms with Crippen molar-refractivity contribution in [2.75, 3.05) is 4.90 Å². The van der Waals surface area contributed by atoms with E-state index >= 15 is 0 Å². The molecule has 204 valence electrons. The highest BCUT2D eigenvalue weighted by molar-refractivity contribution is 5.88. The van der Waals surface area contributed by atoms with Gasteiger partial charge < -0.3 is 19.3 Å². The molecule has 2 aromatic carbocycles. The summed E-state index contributed by atoms with van der Waals surface area (Å²) in [5.74, 6) is -0.661. The van der Waals surface area contributed by atoms with Crippen LogP contribution in [0.25, 0.3) is 11.3 Å². The number of alkyl halides is 3. The van der Waals surface area contributed by atoms with Crippen LogP contribution in [0.2, 0.25) is 0 Å². The quantitative estimate of drug-likeness (QED) is 0.262. The van der Waals surface area contributed by atoms with Crippen molar-refractivity contribution < 1.29 is 36.7 Å². The Morgan fingerprint density at radius 3 is 2.62 bits per heavy atom. The van der Waals surface area contributed by atoms with E-state index in [2.05, 4.69) is 10.1 Å². The number of aromatic nitrogens is 1. The van der Waals surface area contributed by atoms with Gasteiger partial charge in [-0.15, -0.1) is 0 Å². The van der Waals surface area contributed by atoms with Crippen LogP contribution in [0.1, 0.15) is 71.7 Å². The standard InChI is InChI=1S/C29H26F4N2O4/c30-22-11-16(27(36)37)7-8-23(22)35-24-13-18(12-17-9-10-28(17,24)35)38-14-20-25(34-39-26(20)15-5-6-15)19-3-1-2-4-21(19)29(31,32)33/h1-4,7-8,11,15,17-18,24H,5-6,9-10,12-14H2,(H,36,37). The Morgan fingerprint density at radius 1 is 1.15 bits per heavy atom. The number of carboxylic acids is 1. The molecular weight excluding hydrogens is 516 g/mol. The number of carbonyl (C=O) groups is 1. The van der Waals surface area contributed by atoms with Crippen LogP contribution < -0.4 is 4.90 Å². The number of carboxylic acid groups (broad SMARTS) is 1. The number of rotatable bonds is 7. The lowest BCUT2D eigenvalue weighted by atomic mass is 9.64. The summed E-state index contributed by atoms with van der Waals surface area (Å²) in [6.07, 6.45) is 0.511. The van der Waals surface area contributed by atoms with E-state index in [0.717, 1.165) is 44.2 Å². The monoisotopic (exact) mass is 542 g/mol. The third-order valence-corrected chi connectivity index (χ3v) is 9.08. The van der Waals surface area contributed by atoms with Crippen LogP contribution in [0.4, 0.5) is 23.2 Å². The van der Waals surface area contributed by atoms with Crippen molar-refractivity contribution >= 4 is 11.7 Å². The minimum absolute atomic E-state index is 0.0189. The van der Waals surface area contributed by atoms with Gasteiger partial charge in [0.1, 0.15) is 17.3 Å². The molecule has 4 aliphatic rings. The van der Waals surface area contributed by atoms with Crippen LogP contribution in [0.15, 0.2) is 47.0 Å². The van der Waals surface area contributed by atoms with Gasteiger partial charge in [-0.3, -0.25) is 0 Å². The second-order valence-electron chi connectivity index (χ2n) is 11.2. The second kappa shape index (κ2) is 8.55. The summed E-state index contributed by atoms with van der Waals surface area (Å²) in [6.45, 7) is 0.0929. The number of aromatic carboxylic acids is 1. The molecule has 4 atom stereocenters. The van der Waals surface area contributed by atoms with Gasteiger partial charge in [-0.2, -0.15) is 13.2 Å². The fourth-order valence-corrected chi connectivity index (χ4v) is 6.95. The second-order valence-corrected chi connectivity index (χ2v) is 11.2. The Labute approximate surface area is 221 Å². The highest BCUT2D eigenvalue weighted by Crippen LogP contribution is 2.66. The molecule has 3 aromatic rings. The SMILES string of the molecule is O=C(O)c1ccc(N2C3CC(OCc4c(-c5ccccc5C(F)(F)F)noc4C4CC4)CC4CCC432)c(F)c1. The topological polar surface area (TPSA) is 75.6 Å². The molecule has 0 bridgehead atoms. The fourth-order valence-electron chi connectivity index (χ4n) is 6.95. The number of nitrogens with zero attached hydrogens (tertiary/aromatic N) is 2. The summed E-state index contributed by atoms with van der Waals surface area (Å²) in [5, 5.41) is 13.3. The Kier molecular flexibility index (Phi) is 5.40. The summed E-state index contributed by atoms with van der Waals surface area (Å²) in [6, 6.07) is 9.49. The zero-order chi connectivity index (χ0) is 27.1. The van der Waals surface area contributed by atoms with E-state index in [1.807, 2.05) is 0 Å². The molecule has 0 radical (unpaired) electrons. The molecule has 1 N–H and O–H groups in total. The molecule has 1 aliphatic heterocycles. The molecule has 4 unspecified atom stereocenters. The molecule has 39 heavy (non-hydrogen) atoms. The zero-order valence-electron chi connectivity index (χ0n) is 20.9. The van der Waals surface area contributed by atoms with Crippen LogP contribution in [0.3, 0.4) is 0 Å². The van der Waals surface area contributed by atoms with E-state index in [-0.39, 0.29) is 47.0 Å². The lowest BCUT2D eigenvalue weighted by Gasteiger charge is -2.42. The first-order valence-corrected chi connectivity index (χ1v) is 13.3. The summed E-state index contributed by atoms with van der Waals surface area (Å²) in [4.78, 5) is 13.3. The van der Waals surface area contributed by atoms with Gasteiger partial charge in [0, 0.05) is 17.0 Å². The first-order chi connectivity index (χ1) is 18.7. The van der Waals surface area contributed by atoms with Crippen molar-refractivity contribution in [1.29, 1.82) is 0 Å². The smallest absolute Gasteiger partial charge is 0.417 e. The van der Waals surface area contributed by atoms with E-state index < -0.39 is 23.5 Å². The first kappa shape index (κ1) is 24.6. The molecule has 2 heterocycles. The average Bonchev–Trinajstić information content (AvgIpc) is 3.80. The summed E-state index contributed by atoms with van der Waals surface area (Å²) in [7, 11) is 0. The number of hydrogen-bond donors (Lipinski definition) is 1. The summed E-state index contributed by atoms with van der Waals surface area (Å²) in [5.41, 5.74) is 0.177. The van der Waals surface area contributed by atoms with Crippen molar-refractivity contribution in [3.8, 4) is 11.3 Å². The summed E-state index contributed by atoms with van der Waals surface area (Å²) < 4.78 is 68.2. The van der Waals surface area contributed by atoms with Crippen molar-refractivity contribution in [3.05, 3.63) is 70.7 Å². The van der Waals surface area contributed by atoms with Gasteiger partial charge in [0.05, 0.1) is 41.1 Å². The number of halogens is 4. The first-order valence-electron chi connectivity index (χ1n) is 13.3. The minimum atomic E-state index is -4.53. The largest absolute Gasteiger partial charge is 0.478 e. The molecule has 1 aromatic heterocycles. The van der Waals surface area contributed by atoms with E-state index in [4.69, 9.17) is 9.26 Å². The highest BCUT2D eigenvalue weighted by Gasteiger charge is 2.73. The number of benzene rings is 2. The van der Waals surface area contributed by atoms with Crippen LogP contribution in [-0.2, 0) is 17.5 Å². The van der Waals surface area contributed by atoms with E-state index in [1.54, 1.807) is 12.1 Å². The number of hydrogen-bond acceptors (Lipinski definition) is 5. The van der Waals surface area contributed by atoms with Crippen LogP contribution in [0, 0.1) is 11.7 Å². The molecule has 3 saturated carbocycles. The molecule has 4 fully saturated rings. The van der Waals surface area contributed by atoms with Gasteiger partial charge >= 0.3 is 12.1 Å². The van der Waals surface area contributed by atoms with Gasteiger partial charge in [0.15, 0.2) is 0 Å². The third-order valence-electron chi connectivity index (χ3n) is 9.08. The molecular formula is C29H26F4N2O4. The Balaban J connectivity index is 1.12. The van der Waals surface area contributed by atoms with Crippen LogP contribution in [0.5, 0.6) is 0 Å². The lowest BCUT2D eigenvalue weighted by molar-refractivity contribution is -0.137. The maximum atomic E-state index is 14.9. The highest BCUT2D eigenvalue weighted by atomic mass is 19.4. The Bertz CT molecular complexity index is 1470. The Morgan fingerprint density at radius 2 is 1.95 bits per heavy atom. The van der Waals surface area contributed by atoms with Crippen molar-refractivity contribution in [1.82, 2.24) is 5.16 Å². The van der Waals surface area contributed by atoms with Gasteiger partial charge in [0.2, 0.25) is 0 Å². The number of anilines is 1. The van der Waals surface area contributed by atoms with Crippen LogP contribution in [-0.4, -0.2) is 33.9 Å². The molecule has 3 aliphatic carbocycles. The zero-order valence-corrected chi connectivity index (χ0v) is 20.9. The predicted octanol–water partition coefficient (Wildman–Crippen LogP) is 6.79. The lowest BCUT2D eigenvalue weighted by Crippen LogP contribution is -2.46. The maximum absolute atomic E-state index is 14.9. The minimum Gasteiger partial charge on any atom is -0.478 e. The molecule has 1 spiro atoms. The molecule has 0 amide bonds. The van der Waals surface area contributed by atoms with Crippen LogP contribution >= 0.6 is 0 Å². The number of ether oxygens (including phenoxy) is 1. The molecule has 6 nitrogen and oxygen atoms in total. The molecule has 7 rings (SSSR count). The van der Waals surface area contributed by atoms with Crippen molar-refractivity contribution in [2.24, 2.45) is 5.92 Å². The van der Waals surface area contributed by atoms with Gasteiger partial charge in [-0.1, -0.05) is 23.4 Å². The Hall–Kier alpha value is -3.40. The van der Waals surface area contributed by atoms with Gasteiger partial charge in [-0.05, 0) is 68.7 Å². The van der Waals surface area contributed by atoms with E-state index in [9.17, 15) is 27.5 Å². The van der Waals surface area contributed by atoms with Gasteiger partial charge in [0.25, 0.3) is 0 Å². The maximum Gasteiger partial charge on any atom is 0.417 e. The van der Waals surface area contributed by atoms with Crippen molar-refractivity contribution in [3.63, 3.8) is 0 Å². The fraction of sp³-hybridized carbons (Fsp3) is 0.448. The predicted molar refractivity (Wildman–Crippen MR) is 132 cm³/mol.